The monoisotopic (exact) mass is 225 g/mol. The van der Waals surface area contributed by atoms with Gasteiger partial charge in [0.15, 0.2) is 11.6 Å². The summed E-state index contributed by atoms with van der Waals surface area (Å²) in [4.78, 5) is 3.92. The molecule has 3 nitrogen and oxygen atoms in total. The number of nitrogens with one attached hydrogen (secondary N) is 1. The van der Waals surface area contributed by atoms with E-state index in [-0.39, 0.29) is 17.7 Å². The summed E-state index contributed by atoms with van der Waals surface area (Å²) < 4.78 is 13.2. The molecule has 0 bridgehead atoms. The van der Waals surface area contributed by atoms with E-state index in [9.17, 15) is 4.39 Å². The van der Waals surface area contributed by atoms with Crippen LogP contribution in [0.2, 0.25) is 0 Å². The van der Waals surface area contributed by atoms with E-state index < -0.39 is 0 Å². The number of nitrogens with zero attached hydrogens (tertiary/aromatic N) is 1. The van der Waals surface area contributed by atoms with Crippen LogP contribution in [-0.2, 0) is 0 Å². The fraction of sp³-hybridized carbons (Fsp3) is 0.583. The van der Waals surface area contributed by atoms with Gasteiger partial charge in [0.25, 0.3) is 0 Å². The average molecular weight is 225 g/mol. The van der Waals surface area contributed by atoms with E-state index in [1.54, 1.807) is 12.3 Å². The number of aromatic nitrogens is 1. The van der Waals surface area contributed by atoms with Crippen molar-refractivity contribution in [1.29, 1.82) is 0 Å². The first-order chi connectivity index (χ1) is 7.69. The lowest BCUT2D eigenvalue weighted by Gasteiger charge is -2.21. The number of anilines is 1. The van der Waals surface area contributed by atoms with Crippen molar-refractivity contribution in [3.05, 3.63) is 24.1 Å². The van der Waals surface area contributed by atoms with Crippen molar-refractivity contribution in [2.75, 3.05) is 11.9 Å². The van der Waals surface area contributed by atoms with Gasteiger partial charge in [0.05, 0.1) is 0 Å². The van der Waals surface area contributed by atoms with Crippen LogP contribution >= 0.6 is 0 Å². The number of hydrogen-bond acceptors (Lipinski definition) is 3. The molecule has 90 valence electrons. The first-order valence-corrected chi connectivity index (χ1v) is 5.79. The lowest BCUT2D eigenvalue weighted by molar-refractivity contribution is 0.407. The Labute approximate surface area is 96.3 Å². The highest BCUT2D eigenvalue weighted by Crippen LogP contribution is 2.13. The van der Waals surface area contributed by atoms with E-state index >= 15 is 0 Å². The minimum absolute atomic E-state index is 0.0383. The molecule has 3 N–H and O–H groups in total. The Hall–Kier alpha value is -1.16. The highest BCUT2D eigenvalue weighted by Gasteiger charge is 2.14. The van der Waals surface area contributed by atoms with Crippen molar-refractivity contribution < 1.29 is 4.39 Å². The Balaban J connectivity index is 2.48. The van der Waals surface area contributed by atoms with E-state index in [0.717, 1.165) is 12.8 Å². The molecule has 1 rings (SSSR count). The zero-order chi connectivity index (χ0) is 12.0. The summed E-state index contributed by atoms with van der Waals surface area (Å²) in [6.07, 6.45) is 3.65. The van der Waals surface area contributed by atoms with Gasteiger partial charge in [-0.1, -0.05) is 26.7 Å². The summed E-state index contributed by atoms with van der Waals surface area (Å²) in [5, 5.41) is 2.95. The van der Waals surface area contributed by atoms with Crippen LogP contribution in [0.3, 0.4) is 0 Å². The molecule has 0 radical (unpaired) electrons. The van der Waals surface area contributed by atoms with Crippen molar-refractivity contribution in [3.8, 4) is 0 Å². The van der Waals surface area contributed by atoms with Gasteiger partial charge in [-0.3, -0.25) is 0 Å². The highest BCUT2D eigenvalue weighted by molar-refractivity contribution is 5.35. The molecule has 0 aliphatic heterocycles. The molecular weight excluding hydrogens is 205 g/mol. The summed E-state index contributed by atoms with van der Waals surface area (Å²) >= 11 is 0. The van der Waals surface area contributed by atoms with Crippen molar-refractivity contribution in [1.82, 2.24) is 4.98 Å². The maximum Gasteiger partial charge on any atom is 0.165 e. The molecule has 0 saturated carbocycles. The largest absolute Gasteiger partial charge is 0.366 e. The number of pyridine rings is 1. The minimum Gasteiger partial charge on any atom is -0.366 e. The van der Waals surface area contributed by atoms with Crippen LogP contribution in [0.5, 0.6) is 0 Å². The van der Waals surface area contributed by atoms with Gasteiger partial charge >= 0.3 is 0 Å². The topological polar surface area (TPSA) is 50.9 Å². The summed E-state index contributed by atoms with van der Waals surface area (Å²) in [6, 6.07) is 3.00. The Bertz CT molecular complexity index is 313. The third-order valence-electron chi connectivity index (χ3n) is 2.92. The fourth-order valence-corrected chi connectivity index (χ4v) is 1.79. The molecular formula is C12H20FN3. The number of nitrogens with two attached hydrogens (primary N) is 1. The van der Waals surface area contributed by atoms with Gasteiger partial charge in [0.2, 0.25) is 0 Å². The molecule has 0 saturated heterocycles. The molecule has 0 fully saturated rings. The molecule has 16 heavy (non-hydrogen) atoms. The Morgan fingerprint density at radius 2 is 2.12 bits per heavy atom. The minimum atomic E-state index is -0.334. The van der Waals surface area contributed by atoms with Crippen LogP contribution < -0.4 is 11.1 Å². The molecule has 0 aliphatic carbocycles. The van der Waals surface area contributed by atoms with Crippen LogP contribution in [0.4, 0.5) is 10.2 Å². The predicted octanol–water partition coefficient (Wildman–Crippen LogP) is 2.40. The van der Waals surface area contributed by atoms with E-state index in [1.165, 1.54) is 6.07 Å². The second kappa shape index (κ2) is 6.43. The van der Waals surface area contributed by atoms with E-state index in [0.29, 0.717) is 12.5 Å². The average Bonchev–Trinajstić information content (AvgIpc) is 2.29. The molecule has 0 spiro atoms. The predicted molar refractivity (Wildman–Crippen MR) is 64.7 cm³/mol. The van der Waals surface area contributed by atoms with Gasteiger partial charge < -0.3 is 11.1 Å². The standard InChI is InChI=1S/C12H20FN3/c1-3-9(4-2)11(14)8-16-12-10(13)6-5-7-15-12/h5-7,9,11H,3-4,8,14H2,1-2H3,(H,15,16). The van der Waals surface area contributed by atoms with Crippen LogP contribution in [0.1, 0.15) is 26.7 Å². The van der Waals surface area contributed by atoms with Gasteiger partial charge in [-0.2, -0.15) is 0 Å². The lowest BCUT2D eigenvalue weighted by Crippen LogP contribution is -2.36. The second-order valence-electron chi connectivity index (χ2n) is 3.96. The molecule has 1 aromatic heterocycles. The summed E-state index contributed by atoms with van der Waals surface area (Å²) in [5.74, 6) is 0.419. The zero-order valence-corrected chi connectivity index (χ0v) is 9.91. The summed E-state index contributed by atoms with van der Waals surface area (Å²) in [7, 11) is 0. The summed E-state index contributed by atoms with van der Waals surface area (Å²) in [5.41, 5.74) is 6.02. The van der Waals surface area contributed by atoms with Gasteiger partial charge in [0.1, 0.15) is 0 Å². The van der Waals surface area contributed by atoms with Gasteiger partial charge in [-0.25, -0.2) is 9.37 Å². The molecule has 0 amide bonds. The molecule has 4 heteroatoms. The van der Waals surface area contributed by atoms with Crippen LogP contribution in [0.25, 0.3) is 0 Å². The van der Waals surface area contributed by atoms with E-state index in [1.807, 2.05) is 0 Å². The SMILES string of the molecule is CCC(CC)C(N)CNc1ncccc1F. The van der Waals surface area contributed by atoms with Crippen molar-refractivity contribution in [2.45, 2.75) is 32.7 Å². The Kier molecular flexibility index (Phi) is 5.19. The van der Waals surface area contributed by atoms with Crippen molar-refractivity contribution >= 4 is 5.82 Å². The summed E-state index contributed by atoms with van der Waals surface area (Å²) in [6.45, 7) is 4.80. The van der Waals surface area contributed by atoms with Gasteiger partial charge in [-0.15, -0.1) is 0 Å². The van der Waals surface area contributed by atoms with E-state index in [4.69, 9.17) is 5.73 Å². The first-order valence-electron chi connectivity index (χ1n) is 5.79. The lowest BCUT2D eigenvalue weighted by atomic mass is 9.95. The third kappa shape index (κ3) is 3.45. The normalized spacial score (nSPS) is 12.8. The number of halogens is 1. The van der Waals surface area contributed by atoms with Gasteiger partial charge in [0, 0.05) is 18.8 Å². The molecule has 1 aromatic rings. The molecule has 0 aromatic carbocycles. The van der Waals surface area contributed by atoms with Crippen molar-refractivity contribution in [2.24, 2.45) is 11.7 Å². The zero-order valence-electron chi connectivity index (χ0n) is 9.91. The van der Waals surface area contributed by atoms with E-state index in [2.05, 4.69) is 24.1 Å². The third-order valence-corrected chi connectivity index (χ3v) is 2.92. The van der Waals surface area contributed by atoms with Crippen LogP contribution in [0.15, 0.2) is 18.3 Å². The van der Waals surface area contributed by atoms with Gasteiger partial charge in [-0.05, 0) is 18.1 Å². The highest BCUT2D eigenvalue weighted by atomic mass is 19.1. The molecule has 0 aliphatic rings. The Morgan fingerprint density at radius 3 is 2.69 bits per heavy atom. The number of hydrogen-bond donors (Lipinski definition) is 2. The maximum atomic E-state index is 13.2. The first kappa shape index (κ1) is 12.9. The quantitative estimate of drug-likeness (QED) is 0.781. The maximum absolute atomic E-state index is 13.2. The van der Waals surface area contributed by atoms with Crippen molar-refractivity contribution in [3.63, 3.8) is 0 Å². The second-order valence-corrected chi connectivity index (χ2v) is 3.96. The molecule has 1 unspecified atom stereocenters. The fourth-order valence-electron chi connectivity index (χ4n) is 1.79. The number of rotatable bonds is 6. The van der Waals surface area contributed by atoms with Crippen LogP contribution in [0, 0.1) is 11.7 Å². The molecule has 1 heterocycles. The smallest absolute Gasteiger partial charge is 0.165 e. The van der Waals surface area contributed by atoms with Crippen LogP contribution in [-0.4, -0.2) is 17.6 Å². The molecule has 1 atom stereocenters. The Morgan fingerprint density at radius 1 is 1.44 bits per heavy atom.